The van der Waals surface area contributed by atoms with Crippen LogP contribution < -0.4 is 5.32 Å². The lowest BCUT2D eigenvalue weighted by Crippen LogP contribution is -2.40. The molecule has 1 aromatic rings. The van der Waals surface area contributed by atoms with Crippen molar-refractivity contribution in [2.45, 2.75) is 24.3 Å². The summed E-state index contributed by atoms with van der Waals surface area (Å²) in [7, 11) is 1.42. The Balaban J connectivity index is 2.53. The third kappa shape index (κ3) is 5.42. The van der Waals surface area contributed by atoms with Crippen LogP contribution in [0.1, 0.15) is 13.3 Å². The van der Waals surface area contributed by atoms with E-state index in [2.05, 4.69) is 28.2 Å². The first-order valence-electron chi connectivity index (χ1n) is 5.87. The minimum Gasteiger partial charge on any atom is -0.468 e. The van der Waals surface area contributed by atoms with Crippen molar-refractivity contribution in [3.05, 3.63) is 28.7 Å². The molecule has 0 amide bonds. The van der Waals surface area contributed by atoms with Gasteiger partial charge in [-0.15, -0.1) is 11.8 Å². The van der Waals surface area contributed by atoms with E-state index in [4.69, 9.17) is 4.74 Å². The van der Waals surface area contributed by atoms with E-state index in [-0.39, 0.29) is 12.0 Å². The van der Waals surface area contributed by atoms with Crippen molar-refractivity contribution in [2.24, 2.45) is 0 Å². The van der Waals surface area contributed by atoms with Crippen molar-refractivity contribution in [3.63, 3.8) is 0 Å². The van der Waals surface area contributed by atoms with Gasteiger partial charge in [-0.25, -0.2) is 0 Å². The van der Waals surface area contributed by atoms with E-state index in [1.165, 1.54) is 7.11 Å². The van der Waals surface area contributed by atoms with E-state index in [0.29, 0.717) is 5.75 Å². The summed E-state index contributed by atoms with van der Waals surface area (Å²) in [5.41, 5.74) is 0. The molecule has 0 bridgehead atoms. The zero-order chi connectivity index (χ0) is 13.4. The minimum absolute atomic E-state index is 0.203. The molecule has 0 heterocycles. The van der Waals surface area contributed by atoms with Gasteiger partial charge in [0.05, 0.1) is 7.11 Å². The van der Waals surface area contributed by atoms with Crippen LogP contribution in [0.2, 0.25) is 0 Å². The van der Waals surface area contributed by atoms with Crippen LogP contribution in [0.4, 0.5) is 0 Å². The standard InChI is InChI=1S/C13H18BrNO2S/c1-3-7-15-12(13(16)17-2)9-18-11-6-4-5-10(14)8-11/h4-6,8,12,15H,3,7,9H2,1-2H3. The number of hydrogen-bond donors (Lipinski definition) is 1. The number of carbonyl (C=O) groups excluding carboxylic acids is 1. The fraction of sp³-hybridized carbons (Fsp3) is 0.462. The molecule has 0 aliphatic heterocycles. The van der Waals surface area contributed by atoms with Gasteiger partial charge in [0.1, 0.15) is 6.04 Å². The van der Waals surface area contributed by atoms with Gasteiger partial charge in [0.15, 0.2) is 0 Å². The average Bonchev–Trinajstić information content (AvgIpc) is 2.38. The van der Waals surface area contributed by atoms with Gasteiger partial charge in [-0.05, 0) is 31.2 Å². The van der Waals surface area contributed by atoms with E-state index < -0.39 is 0 Å². The van der Waals surface area contributed by atoms with Gasteiger partial charge in [0, 0.05) is 15.1 Å². The van der Waals surface area contributed by atoms with Gasteiger partial charge >= 0.3 is 5.97 Å². The number of hydrogen-bond acceptors (Lipinski definition) is 4. The van der Waals surface area contributed by atoms with Crippen LogP contribution >= 0.6 is 27.7 Å². The Morgan fingerprint density at radius 1 is 1.56 bits per heavy atom. The van der Waals surface area contributed by atoms with Crippen LogP contribution in [0, 0.1) is 0 Å². The summed E-state index contributed by atoms with van der Waals surface area (Å²) in [5, 5.41) is 3.20. The summed E-state index contributed by atoms with van der Waals surface area (Å²) < 4.78 is 5.84. The lowest BCUT2D eigenvalue weighted by molar-refractivity contribution is -0.142. The van der Waals surface area contributed by atoms with Crippen molar-refractivity contribution in [3.8, 4) is 0 Å². The second-order valence-electron chi connectivity index (χ2n) is 3.80. The van der Waals surface area contributed by atoms with E-state index in [9.17, 15) is 4.79 Å². The largest absolute Gasteiger partial charge is 0.468 e. The molecule has 1 rings (SSSR count). The first kappa shape index (κ1) is 15.5. The highest BCUT2D eigenvalue weighted by molar-refractivity contribution is 9.10. The van der Waals surface area contributed by atoms with E-state index in [1.807, 2.05) is 24.3 Å². The van der Waals surface area contributed by atoms with Crippen molar-refractivity contribution in [1.82, 2.24) is 5.32 Å². The van der Waals surface area contributed by atoms with Crippen molar-refractivity contribution in [2.75, 3.05) is 19.4 Å². The first-order chi connectivity index (χ1) is 8.67. The van der Waals surface area contributed by atoms with Crippen LogP contribution in [0.3, 0.4) is 0 Å². The summed E-state index contributed by atoms with van der Waals surface area (Å²) in [5.74, 6) is 0.467. The Labute approximate surface area is 121 Å². The van der Waals surface area contributed by atoms with Crippen molar-refractivity contribution in [1.29, 1.82) is 0 Å². The molecule has 0 radical (unpaired) electrons. The highest BCUT2D eigenvalue weighted by Gasteiger charge is 2.18. The molecule has 5 heteroatoms. The van der Waals surface area contributed by atoms with Gasteiger partial charge in [-0.2, -0.15) is 0 Å². The Bertz CT molecular complexity index is 387. The van der Waals surface area contributed by atoms with Crippen LogP contribution in [0.25, 0.3) is 0 Å². The van der Waals surface area contributed by atoms with Crippen molar-refractivity contribution >= 4 is 33.7 Å². The van der Waals surface area contributed by atoms with Gasteiger partial charge in [-0.3, -0.25) is 4.79 Å². The van der Waals surface area contributed by atoms with Gasteiger partial charge < -0.3 is 10.1 Å². The number of thioether (sulfide) groups is 1. The maximum absolute atomic E-state index is 11.6. The molecule has 0 saturated carbocycles. The third-order valence-electron chi connectivity index (χ3n) is 2.34. The predicted octanol–water partition coefficient (Wildman–Crippen LogP) is 3.08. The van der Waals surface area contributed by atoms with Crippen LogP contribution in [-0.4, -0.2) is 31.4 Å². The normalized spacial score (nSPS) is 12.2. The molecule has 0 fully saturated rings. The molecule has 0 aromatic heterocycles. The molecule has 1 aromatic carbocycles. The lowest BCUT2D eigenvalue weighted by Gasteiger charge is -2.15. The summed E-state index contributed by atoms with van der Waals surface area (Å²) >= 11 is 5.08. The van der Waals surface area contributed by atoms with Gasteiger partial charge in [0.2, 0.25) is 0 Å². The van der Waals surface area contributed by atoms with Crippen LogP contribution in [-0.2, 0) is 9.53 Å². The number of carbonyl (C=O) groups is 1. The SMILES string of the molecule is CCCNC(CSc1cccc(Br)c1)C(=O)OC. The zero-order valence-corrected chi connectivity index (χ0v) is 13.0. The molecule has 1 N–H and O–H groups in total. The minimum atomic E-state index is -0.251. The number of methoxy groups -OCH3 is 1. The van der Waals surface area contributed by atoms with Crippen LogP contribution in [0.5, 0.6) is 0 Å². The predicted molar refractivity (Wildman–Crippen MR) is 79.0 cm³/mol. The molecule has 0 aliphatic carbocycles. The smallest absolute Gasteiger partial charge is 0.323 e. The number of esters is 1. The summed E-state index contributed by atoms with van der Waals surface area (Å²) in [6, 6.07) is 7.79. The Morgan fingerprint density at radius 2 is 2.33 bits per heavy atom. The molecule has 1 unspecified atom stereocenters. The lowest BCUT2D eigenvalue weighted by atomic mass is 10.3. The number of rotatable bonds is 7. The Morgan fingerprint density at radius 3 is 2.94 bits per heavy atom. The first-order valence-corrected chi connectivity index (χ1v) is 7.64. The molecule has 1 atom stereocenters. The fourth-order valence-corrected chi connectivity index (χ4v) is 2.96. The zero-order valence-electron chi connectivity index (χ0n) is 10.6. The number of benzene rings is 1. The van der Waals surface area contributed by atoms with E-state index in [1.54, 1.807) is 11.8 Å². The summed E-state index contributed by atoms with van der Waals surface area (Å²) in [6.07, 6.45) is 0.995. The molecular weight excluding hydrogens is 314 g/mol. The average molecular weight is 332 g/mol. The molecule has 0 saturated heterocycles. The maximum atomic E-state index is 11.6. The molecule has 0 spiro atoms. The molecular formula is C13H18BrNO2S. The topological polar surface area (TPSA) is 38.3 Å². The quantitative estimate of drug-likeness (QED) is 0.615. The number of ether oxygens (including phenoxy) is 1. The van der Waals surface area contributed by atoms with E-state index >= 15 is 0 Å². The molecule has 3 nitrogen and oxygen atoms in total. The molecule has 18 heavy (non-hydrogen) atoms. The number of nitrogens with one attached hydrogen (secondary N) is 1. The van der Waals surface area contributed by atoms with Crippen LogP contribution in [0.15, 0.2) is 33.6 Å². The maximum Gasteiger partial charge on any atom is 0.323 e. The second kappa shape index (κ2) is 8.56. The molecule has 0 aliphatic rings. The molecule has 100 valence electrons. The Kier molecular flexibility index (Phi) is 7.39. The number of halogens is 1. The van der Waals surface area contributed by atoms with Gasteiger partial charge in [-0.1, -0.05) is 28.9 Å². The van der Waals surface area contributed by atoms with Gasteiger partial charge in [0.25, 0.3) is 0 Å². The Hall–Kier alpha value is -0.520. The fourth-order valence-electron chi connectivity index (χ4n) is 1.41. The van der Waals surface area contributed by atoms with E-state index in [0.717, 1.165) is 22.3 Å². The van der Waals surface area contributed by atoms with Crippen molar-refractivity contribution < 1.29 is 9.53 Å². The third-order valence-corrected chi connectivity index (χ3v) is 3.92. The second-order valence-corrected chi connectivity index (χ2v) is 5.81. The highest BCUT2D eigenvalue weighted by atomic mass is 79.9. The monoisotopic (exact) mass is 331 g/mol. The summed E-state index contributed by atoms with van der Waals surface area (Å²) in [6.45, 7) is 2.89. The summed E-state index contributed by atoms with van der Waals surface area (Å²) in [4.78, 5) is 12.7. The highest BCUT2D eigenvalue weighted by Crippen LogP contribution is 2.22.